The summed E-state index contributed by atoms with van der Waals surface area (Å²) in [5, 5.41) is 12.9. The van der Waals surface area contributed by atoms with Crippen molar-refractivity contribution in [3.8, 4) is 5.75 Å². The number of phenolic OH excluding ortho intramolecular Hbond substituents is 1. The Bertz CT molecular complexity index is 376. The van der Waals surface area contributed by atoms with Crippen LogP contribution in [0.25, 0.3) is 0 Å². The van der Waals surface area contributed by atoms with Gasteiger partial charge in [-0.15, -0.1) is 0 Å². The van der Waals surface area contributed by atoms with E-state index in [2.05, 4.69) is 18.3 Å². The Kier molecular flexibility index (Phi) is 9.77. The SMILES string of the molecule is CCCCCCCCCCCCc1cccc(O)c1NC. The molecule has 0 atom stereocenters. The van der Waals surface area contributed by atoms with Gasteiger partial charge in [-0.25, -0.2) is 0 Å². The lowest BCUT2D eigenvalue weighted by atomic mass is 10.0. The molecule has 0 aliphatic carbocycles. The number of anilines is 1. The molecule has 0 spiro atoms. The van der Waals surface area contributed by atoms with Gasteiger partial charge in [0.1, 0.15) is 5.75 Å². The van der Waals surface area contributed by atoms with Gasteiger partial charge in [0.05, 0.1) is 5.69 Å². The van der Waals surface area contributed by atoms with E-state index in [1.807, 2.05) is 13.1 Å². The van der Waals surface area contributed by atoms with Crippen molar-refractivity contribution in [3.63, 3.8) is 0 Å². The monoisotopic (exact) mass is 291 g/mol. The lowest BCUT2D eigenvalue weighted by Gasteiger charge is -2.10. The van der Waals surface area contributed by atoms with Gasteiger partial charge in [-0.3, -0.25) is 0 Å². The molecule has 1 aromatic rings. The molecular weight excluding hydrogens is 258 g/mol. The second-order valence-electron chi connectivity index (χ2n) is 5.99. The van der Waals surface area contributed by atoms with Gasteiger partial charge >= 0.3 is 0 Å². The number of rotatable bonds is 12. The normalized spacial score (nSPS) is 10.8. The van der Waals surface area contributed by atoms with Crippen LogP contribution in [0.2, 0.25) is 0 Å². The summed E-state index contributed by atoms with van der Waals surface area (Å²) < 4.78 is 0. The second-order valence-corrected chi connectivity index (χ2v) is 5.99. The van der Waals surface area contributed by atoms with Gasteiger partial charge in [0.15, 0.2) is 0 Å². The molecule has 21 heavy (non-hydrogen) atoms. The zero-order valence-corrected chi connectivity index (χ0v) is 14.0. The summed E-state index contributed by atoms with van der Waals surface area (Å²) in [6.07, 6.45) is 14.7. The first kappa shape index (κ1) is 17.9. The summed E-state index contributed by atoms with van der Waals surface area (Å²) in [5.74, 6) is 0.363. The number of para-hydroxylation sites is 1. The number of phenols is 1. The van der Waals surface area contributed by atoms with Crippen LogP contribution in [0.3, 0.4) is 0 Å². The predicted octanol–water partition coefficient (Wildman–Crippen LogP) is 5.90. The Balaban J connectivity index is 2.06. The molecule has 0 heterocycles. The van der Waals surface area contributed by atoms with E-state index >= 15 is 0 Å². The van der Waals surface area contributed by atoms with Crippen LogP contribution in [0.1, 0.15) is 76.7 Å². The molecule has 1 rings (SSSR count). The van der Waals surface area contributed by atoms with E-state index < -0.39 is 0 Å². The van der Waals surface area contributed by atoms with Crippen LogP contribution in [0.5, 0.6) is 5.75 Å². The maximum atomic E-state index is 9.79. The Morgan fingerprint density at radius 1 is 0.857 bits per heavy atom. The van der Waals surface area contributed by atoms with Crippen LogP contribution in [0.4, 0.5) is 5.69 Å². The third kappa shape index (κ3) is 7.40. The Labute approximate surface area is 131 Å². The van der Waals surface area contributed by atoms with E-state index in [4.69, 9.17) is 0 Å². The standard InChI is InChI=1S/C19H33NO/c1-3-4-5-6-7-8-9-10-11-12-14-17-15-13-16-18(21)19(17)20-2/h13,15-16,20-21H,3-12,14H2,1-2H3. The van der Waals surface area contributed by atoms with Gasteiger partial charge in [0, 0.05) is 7.05 Å². The number of aryl methyl sites for hydroxylation is 1. The minimum Gasteiger partial charge on any atom is -0.506 e. The topological polar surface area (TPSA) is 32.3 Å². The first-order valence-electron chi connectivity index (χ1n) is 8.78. The maximum absolute atomic E-state index is 9.79. The Morgan fingerprint density at radius 3 is 2.00 bits per heavy atom. The summed E-state index contributed by atoms with van der Waals surface area (Å²) in [5.41, 5.74) is 2.13. The fourth-order valence-electron chi connectivity index (χ4n) is 2.89. The molecule has 1 aromatic carbocycles. The van der Waals surface area contributed by atoms with Gasteiger partial charge in [-0.2, -0.15) is 0 Å². The van der Waals surface area contributed by atoms with Crippen molar-refractivity contribution in [2.45, 2.75) is 77.6 Å². The van der Waals surface area contributed by atoms with Crippen LogP contribution in [-0.4, -0.2) is 12.2 Å². The molecule has 0 saturated heterocycles. The van der Waals surface area contributed by atoms with Crippen LogP contribution < -0.4 is 5.32 Å². The molecule has 2 nitrogen and oxygen atoms in total. The van der Waals surface area contributed by atoms with Crippen molar-refractivity contribution >= 4 is 5.69 Å². The Hall–Kier alpha value is -1.18. The lowest BCUT2D eigenvalue weighted by Crippen LogP contribution is -1.96. The number of benzene rings is 1. The van der Waals surface area contributed by atoms with E-state index in [1.165, 1.54) is 69.8 Å². The van der Waals surface area contributed by atoms with E-state index in [0.717, 1.165) is 12.1 Å². The molecule has 0 aromatic heterocycles. The minimum absolute atomic E-state index is 0.363. The van der Waals surface area contributed by atoms with Gasteiger partial charge in [-0.05, 0) is 24.5 Å². The number of nitrogens with one attached hydrogen (secondary N) is 1. The van der Waals surface area contributed by atoms with Crippen molar-refractivity contribution in [3.05, 3.63) is 23.8 Å². The maximum Gasteiger partial charge on any atom is 0.138 e. The van der Waals surface area contributed by atoms with E-state index in [0.29, 0.717) is 5.75 Å². The molecule has 0 aliphatic rings. The predicted molar refractivity (Wildman–Crippen MR) is 93.2 cm³/mol. The van der Waals surface area contributed by atoms with Gasteiger partial charge in [0.25, 0.3) is 0 Å². The molecule has 0 unspecified atom stereocenters. The van der Waals surface area contributed by atoms with Crippen molar-refractivity contribution < 1.29 is 5.11 Å². The van der Waals surface area contributed by atoms with Gasteiger partial charge in [-0.1, -0.05) is 76.8 Å². The zero-order valence-electron chi connectivity index (χ0n) is 14.0. The highest BCUT2D eigenvalue weighted by molar-refractivity contribution is 5.61. The summed E-state index contributed by atoms with van der Waals surface area (Å²) in [6, 6.07) is 5.79. The number of aromatic hydroxyl groups is 1. The molecule has 0 radical (unpaired) electrons. The summed E-state index contributed by atoms with van der Waals surface area (Å²) in [6.45, 7) is 2.27. The van der Waals surface area contributed by atoms with Crippen LogP contribution in [-0.2, 0) is 6.42 Å². The largest absolute Gasteiger partial charge is 0.506 e. The van der Waals surface area contributed by atoms with Crippen molar-refractivity contribution in [1.29, 1.82) is 0 Å². The summed E-state index contributed by atoms with van der Waals surface area (Å²) in [4.78, 5) is 0. The molecule has 2 heteroatoms. The fraction of sp³-hybridized carbons (Fsp3) is 0.684. The Morgan fingerprint density at radius 2 is 1.43 bits per heavy atom. The third-order valence-electron chi connectivity index (χ3n) is 4.18. The summed E-state index contributed by atoms with van der Waals surface area (Å²) >= 11 is 0. The van der Waals surface area contributed by atoms with E-state index in [1.54, 1.807) is 6.07 Å². The minimum atomic E-state index is 0.363. The first-order chi connectivity index (χ1) is 10.3. The molecule has 0 saturated carbocycles. The second kappa shape index (κ2) is 11.5. The fourth-order valence-corrected chi connectivity index (χ4v) is 2.89. The third-order valence-corrected chi connectivity index (χ3v) is 4.18. The van der Waals surface area contributed by atoms with Gasteiger partial charge in [0.2, 0.25) is 0 Å². The van der Waals surface area contributed by atoms with Crippen molar-refractivity contribution in [1.82, 2.24) is 0 Å². The van der Waals surface area contributed by atoms with E-state index in [9.17, 15) is 5.11 Å². The average Bonchev–Trinajstić information content (AvgIpc) is 2.49. The van der Waals surface area contributed by atoms with Gasteiger partial charge < -0.3 is 10.4 Å². The summed E-state index contributed by atoms with van der Waals surface area (Å²) in [7, 11) is 1.87. The highest BCUT2D eigenvalue weighted by Gasteiger charge is 2.05. The quantitative estimate of drug-likeness (QED) is 0.371. The smallest absolute Gasteiger partial charge is 0.138 e. The molecule has 120 valence electrons. The molecule has 0 aliphatic heterocycles. The molecule has 2 N–H and O–H groups in total. The van der Waals surface area contributed by atoms with Crippen molar-refractivity contribution in [2.75, 3.05) is 12.4 Å². The molecule has 0 fully saturated rings. The van der Waals surface area contributed by atoms with Crippen LogP contribution >= 0.6 is 0 Å². The molecule has 0 bridgehead atoms. The first-order valence-corrected chi connectivity index (χ1v) is 8.78. The number of hydrogen-bond acceptors (Lipinski definition) is 2. The van der Waals surface area contributed by atoms with Crippen LogP contribution in [0, 0.1) is 0 Å². The average molecular weight is 291 g/mol. The van der Waals surface area contributed by atoms with Crippen LogP contribution in [0.15, 0.2) is 18.2 Å². The number of hydrogen-bond donors (Lipinski definition) is 2. The number of unbranched alkanes of at least 4 members (excludes halogenated alkanes) is 9. The molecule has 0 amide bonds. The van der Waals surface area contributed by atoms with E-state index in [-0.39, 0.29) is 0 Å². The lowest BCUT2D eigenvalue weighted by molar-refractivity contribution is 0.476. The highest BCUT2D eigenvalue weighted by atomic mass is 16.3. The van der Waals surface area contributed by atoms with Crippen molar-refractivity contribution in [2.24, 2.45) is 0 Å². The zero-order chi connectivity index (χ0) is 15.3. The highest BCUT2D eigenvalue weighted by Crippen LogP contribution is 2.28. The molecular formula is C19H33NO.